The SMILES string of the molecule is Cc1cc(C)c(C(=O)COC(=O)c2cccc(OCc3c(C)noc3C)c2)cc1C. The van der Waals surface area contributed by atoms with Gasteiger partial charge in [0.2, 0.25) is 5.78 Å². The Morgan fingerprint density at radius 2 is 1.70 bits per heavy atom. The van der Waals surface area contributed by atoms with Crippen LogP contribution in [0.2, 0.25) is 0 Å². The summed E-state index contributed by atoms with van der Waals surface area (Å²) in [7, 11) is 0. The third-order valence-electron chi connectivity index (χ3n) is 5.11. The molecule has 1 heterocycles. The molecule has 0 amide bonds. The maximum absolute atomic E-state index is 12.5. The number of carbonyl (C=O) groups excluding carboxylic acids is 2. The summed E-state index contributed by atoms with van der Waals surface area (Å²) in [5.41, 5.74) is 5.54. The Balaban J connectivity index is 1.62. The minimum atomic E-state index is -0.576. The summed E-state index contributed by atoms with van der Waals surface area (Å²) >= 11 is 0. The molecule has 0 unspecified atom stereocenters. The van der Waals surface area contributed by atoms with Crippen LogP contribution in [-0.2, 0) is 11.3 Å². The molecule has 0 aliphatic rings. The van der Waals surface area contributed by atoms with Crippen molar-refractivity contribution >= 4 is 11.8 Å². The topological polar surface area (TPSA) is 78.6 Å². The maximum Gasteiger partial charge on any atom is 0.338 e. The molecule has 0 fully saturated rings. The zero-order valence-electron chi connectivity index (χ0n) is 17.9. The lowest BCUT2D eigenvalue weighted by Crippen LogP contribution is -2.15. The van der Waals surface area contributed by atoms with Gasteiger partial charge in [-0.05, 0) is 75.6 Å². The van der Waals surface area contributed by atoms with Crippen LogP contribution in [0.3, 0.4) is 0 Å². The third-order valence-corrected chi connectivity index (χ3v) is 5.11. The Kier molecular flexibility index (Phi) is 6.35. The van der Waals surface area contributed by atoms with Gasteiger partial charge in [0.25, 0.3) is 0 Å². The van der Waals surface area contributed by atoms with E-state index < -0.39 is 5.97 Å². The largest absolute Gasteiger partial charge is 0.489 e. The molecule has 0 atom stereocenters. The highest BCUT2D eigenvalue weighted by atomic mass is 16.5. The van der Waals surface area contributed by atoms with Gasteiger partial charge < -0.3 is 14.0 Å². The summed E-state index contributed by atoms with van der Waals surface area (Å²) in [4.78, 5) is 24.9. The van der Waals surface area contributed by atoms with Crippen molar-refractivity contribution in [2.75, 3.05) is 6.61 Å². The maximum atomic E-state index is 12.5. The van der Waals surface area contributed by atoms with Gasteiger partial charge in [0.1, 0.15) is 18.1 Å². The average Bonchev–Trinajstić information content (AvgIpc) is 3.04. The summed E-state index contributed by atoms with van der Waals surface area (Å²) in [5, 5.41) is 3.90. The highest BCUT2D eigenvalue weighted by Crippen LogP contribution is 2.20. The lowest BCUT2D eigenvalue weighted by atomic mass is 9.98. The van der Waals surface area contributed by atoms with E-state index in [1.165, 1.54) is 0 Å². The zero-order chi connectivity index (χ0) is 21.8. The van der Waals surface area contributed by atoms with E-state index in [0.29, 0.717) is 22.6 Å². The number of nitrogens with zero attached hydrogens (tertiary/aromatic N) is 1. The predicted molar refractivity (Wildman–Crippen MR) is 112 cm³/mol. The first-order chi connectivity index (χ1) is 14.3. The number of ketones is 1. The molecule has 6 nitrogen and oxygen atoms in total. The van der Waals surface area contributed by atoms with Crippen LogP contribution in [0, 0.1) is 34.6 Å². The molecule has 6 heteroatoms. The number of aryl methyl sites for hydroxylation is 5. The molecule has 3 aromatic rings. The standard InChI is InChI=1S/C24H25NO5/c1-14-9-16(3)21(10-15(14)2)23(26)13-29-24(27)19-7-6-8-20(11-19)28-12-22-17(4)25-30-18(22)5/h6-11H,12-13H2,1-5H3. The molecule has 0 aliphatic carbocycles. The quantitative estimate of drug-likeness (QED) is 0.412. The molecular formula is C24H25NO5. The molecule has 0 radical (unpaired) electrons. The lowest BCUT2D eigenvalue weighted by Gasteiger charge is -2.10. The molecule has 0 aliphatic heterocycles. The van der Waals surface area contributed by atoms with Gasteiger partial charge in [-0.3, -0.25) is 4.79 Å². The number of aromatic nitrogens is 1. The molecular weight excluding hydrogens is 382 g/mol. The van der Waals surface area contributed by atoms with Crippen LogP contribution in [0.1, 0.15) is 54.4 Å². The Morgan fingerprint density at radius 1 is 0.967 bits per heavy atom. The third kappa shape index (κ3) is 4.76. The van der Waals surface area contributed by atoms with Crippen LogP contribution in [0.25, 0.3) is 0 Å². The first-order valence-corrected chi connectivity index (χ1v) is 9.69. The number of benzene rings is 2. The Labute approximate surface area is 175 Å². The van der Waals surface area contributed by atoms with Gasteiger partial charge in [-0.15, -0.1) is 0 Å². The number of Topliss-reactive ketones (excluding diaryl/α,β-unsaturated/α-hetero) is 1. The van der Waals surface area contributed by atoms with Crippen molar-refractivity contribution in [1.82, 2.24) is 5.16 Å². The number of hydrogen-bond donors (Lipinski definition) is 0. The molecule has 0 saturated heterocycles. The van der Waals surface area contributed by atoms with Crippen LogP contribution in [0.4, 0.5) is 0 Å². The first kappa shape index (κ1) is 21.3. The van der Waals surface area contributed by atoms with E-state index in [1.807, 2.05) is 46.8 Å². The van der Waals surface area contributed by atoms with Gasteiger partial charge in [-0.1, -0.05) is 17.3 Å². The molecule has 3 rings (SSSR count). The molecule has 156 valence electrons. The molecule has 2 aromatic carbocycles. The van der Waals surface area contributed by atoms with E-state index in [4.69, 9.17) is 14.0 Å². The minimum Gasteiger partial charge on any atom is -0.489 e. The van der Waals surface area contributed by atoms with Gasteiger partial charge in [0, 0.05) is 5.56 Å². The van der Waals surface area contributed by atoms with Crippen molar-refractivity contribution in [3.05, 3.63) is 81.2 Å². The first-order valence-electron chi connectivity index (χ1n) is 9.69. The van der Waals surface area contributed by atoms with Gasteiger partial charge >= 0.3 is 5.97 Å². The molecule has 0 saturated carbocycles. The Hall–Kier alpha value is -3.41. The zero-order valence-corrected chi connectivity index (χ0v) is 17.9. The van der Waals surface area contributed by atoms with Crippen molar-refractivity contribution in [2.24, 2.45) is 0 Å². The van der Waals surface area contributed by atoms with E-state index in [1.54, 1.807) is 24.3 Å². The van der Waals surface area contributed by atoms with Crippen molar-refractivity contribution in [1.29, 1.82) is 0 Å². The van der Waals surface area contributed by atoms with Gasteiger partial charge in [-0.25, -0.2) is 4.79 Å². The van der Waals surface area contributed by atoms with Crippen LogP contribution in [0.15, 0.2) is 40.9 Å². The van der Waals surface area contributed by atoms with E-state index in [9.17, 15) is 9.59 Å². The fraction of sp³-hybridized carbons (Fsp3) is 0.292. The second kappa shape index (κ2) is 8.95. The highest BCUT2D eigenvalue weighted by Gasteiger charge is 2.16. The van der Waals surface area contributed by atoms with Crippen molar-refractivity contribution in [3.8, 4) is 5.75 Å². The lowest BCUT2D eigenvalue weighted by molar-refractivity contribution is 0.0474. The smallest absolute Gasteiger partial charge is 0.338 e. The summed E-state index contributed by atoms with van der Waals surface area (Å²) < 4.78 is 16.1. The Bertz CT molecular complexity index is 1080. The number of carbonyl (C=O) groups is 2. The van der Waals surface area contributed by atoms with Crippen molar-refractivity contribution < 1.29 is 23.6 Å². The van der Waals surface area contributed by atoms with E-state index in [0.717, 1.165) is 27.9 Å². The normalized spacial score (nSPS) is 10.7. The molecule has 0 spiro atoms. The van der Waals surface area contributed by atoms with Crippen LogP contribution in [-0.4, -0.2) is 23.5 Å². The molecule has 1 aromatic heterocycles. The minimum absolute atomic E-state index is 0.227. The van der Waals surface area contributed by atoms with Crippen LogP contribution in [0.5, 0.6) is 5.75 Å². The average molecular weight is 407 g/mol. The number of hydrogen-bond acceptors (Lipinski definition) is 6. The van der Waals surface area contributed by atoms with Gasteiger partial charge in [-0.2, -0.15) is 0 Å². The number of rotatable bonds is 7. The second-order valence-electron chi connectivity index (χ2n) is 7.37. The molecule has 30 heavy (non-hydrogen) atoms. The van der Waals surface area contributed by atoms with E-state index in [-0.39, 0.29) is 19.0 Å². The molecule has 0 bridgehead atoms. The second-order valence-corrected chi connectivity index (χ2v) is 7.37. The summed E-state index contributed by atoms with van der Waals surface area (Å²) in [5.74, 6) is 0.409. The summed E-state index contributed by atoms with van der Waals surface area (Å²) in [6.07, 6.45) is 0. The van der Waals surface area contributed by atoms with E-state index in [2.05, 4.69) is 5.16 Å². The van der Waals surface area contributed by atoms with Crippen molar-refractivity contribution in [3.63, 3.8) is 0 Å². The monoisotopic (exact) mass is 407 g/mol. The highest BCUT2D eigenvalue weighted by molar-refractivity contribution is 6.00. The van der Waals surface area contributed by atoms with Crippen LogP contribution < -0.4 is 4.74 Å². The summed E-state index contributed by atoms with van der Waals surface area (Å²) in [6.45, 7) is 9.46. The van der Waals surface area contributed by atoms with Gasteiger partial charge in [0.15, 0.2) is 6.61 Å². The fourth-order valence-electron chi connectivity index (χ4n) is 3.13. The fourth-order valence-corrected chi connectivity index (χ4v) is 3.13. The van der Waals surface area contributed by atoms with E-state index >= 15 is 0 Å². The molecule has 0 N–H and O–H groups in total. The Morgan fingerprint density at radius 3 is 2.40 bits per heavy atom. The van der Waals surface area contributed by atoms with Gasteiger partial charge in [0.05, 0.1) is 16.8 Å². The predicted octanol–water partition coefficient (Wildman–Crippen LogP) is 4.84. The van der Waals surface area contributed by atoms with Crippen LogP contribution >= 0.6 is 0 Å². The number of ether oxygens (including phenoxy) is 2. The summed E-state index contributed by atoms with van der Waals surface area (Å²) in [6, 6.07) is 10.5. The van der Waals surface area contributed by atoms with Crippen molar-refractivity contribution in [2.45, 2.75) is 41.2 Å². The number of esters is 1.